The monoisotopic (exact) mass is 360 g/mol. The summed E-state index contributed by atoms with van der Waals surface area (Å²) in [4.78, 5) is 12.1. The van der Waals surface area contributed by atoms with Gasteiger partial charge in [0.2, 0.25) is 0 Å². The molecule has 27 heavy (non-hydrogen) atoms. The van der Waals surface area contributed by atoms with E-state index in [1.807, 2.05) is 30.3 Å². The van der Waals surface area contributed by atoms with E-state index >= 15 is 0 Å². The van der Waals surface area contributed by atoms with Gasteiger partial charge in [0.25, 0.3) is 5.91 Å². The fourth-order valence-corrected chi connectivity index (χ4v) is 3.86. The molecule has 0 unspecified atom stereocenters. The second kappa shape index (κ2) is 7.41. The van der Waals surface area contributed by atoms with Gasteiger partial charge in [-0.15, -0.1) is 0 Å². The summed E-state index contributed by atoms with van der Waals surface area (Å²) in [5.41, 5.74) is 8.97. The van der Waals surface area contributed by atoms with E-state index in [0.717, 1.165) is 42.5 Å². The number of primary amides is 1. The Kier molecular flexibility index (Phi) is 4.82. The van der Waals surface area contributed by atoms with Crippen LogP contribution in [0.25, 0.3) is 21.9 Å². The third-order valence-electron chi connectivity index (χ3n) is 5.42. The number of carbonyl (C=O) groups is 1. The molecule has 1 amide bonds. The molecule has 1 aliphatic rings. The van der Waals surface area contributed by atoms with Crippen LogP contribution in [0.5, 0.6) is 0 Å². The first-order chi connectivity index (χ1) is 13.1. The van der Waals surface area contributed by atoms with Crippen LogP contribution in [-0.4, -0.2) is 23.2 Å². The number of hydrogen-bond donors (Lipinski definition) is 3. The zero-order valence-electron chi connectivity index (χ0n) is 15.2. The SMILES string of the molecule is NC(=O)c1cc(-c2ccc3ccccc3c2)ccc1N[C@H]1CC[C@H](O)CC1. The molecule has 1 fully saturated rings. The lowest BCUT2D eigenvalue weighted by Gasteiger charge is -2.27. The molecule has 0 aromatic heterocycles. The number of carbonyl (C=O) groups excluding carboxylic acids is 1. The number of aliphatic hydroxyl groups is 1. The van der Waals surface area contributed by atoms with E-state index in [9.17, 15) is 9.90 Å². The van der Waals surface area contributed by atoms with Crippen LogP contribution < -0.4 is 11.1 Å². The van der Waals surface area contributed by atoms with Gasteiger partial charge >= 0.3 is 0 Å². The number of rotatable bonds is 4. The number of nitrogens with two attached hydrogens (primary N) is 1. The van der Waals surface area contributed by atoms with Crippen LogP contribution in [-0.2, 0) is 0 Å². The predicted molar refractivity (Wildman–Crippen MR) is 110 cm³/mol. The lowest BCUT2D eigenvalue weighted by atomic mass is 9.92. The first-order valence-corrected chi connectivity index (χ1v) is 9.48. The van der Waals surface area contributed by atoms with E-state index in [2.05, 4.69) is 35.6 Å². The number of amides is 1. The largest absolute Gasteiger partial charge is 0.393 e. The molecular formula is C23H24N2O2. The summed E-state index contributed by atoms with van der Waals surface area (Å²) in [7, 11) is 0. The van der Waals surface area contributed by atoms with Crippen molar-refractivity contribution in [3.05, 3.63) is 66.2 Å². The van der Waals surface area contributed by atoms with E-state index in [4.69, 9.17) is 5.73 Å². The van der Waals surface area contributed by atoms with Crippen LogP contribution in [0.15, 0.2) is 60.7 Å². The van der Waals surface area contributed by atoms with Gasteiger partial charge in [0.1, 0.15) is 0 Å². The molecule has 0 bridgehead atoms. The molecular weight excluding hydrogens is 336 g/mol. The molecule has 4 N–H and O–H groups in total. The van der Waals surface area contributed by atoms with Crippen molar-refractivity contribution in [3.8, 4) is 11.1 Å². The van der Waals surface area contributed by atoms with Crippen molar-refractivity contribution in [1.29, 1.82) is 0 Å². The lowest BCUT2D eigenvalue weighted by molar-refractivity contribution is 0.100. The van der Waals surface area contributed by atoms with Gasteiger partial charge in [-0.2, -0.15) is 0 Å². The van der Waals surface area contributed by atoms with Gasteiger partial charge in [0.05, 0.1) is 11.7 Å². The molecule has 0 heterocycles. The summed E-state index contributed by atoms with van der Waals surface area (Å²) >= 11 is 0. The summed E-state index contributed by atoms with van der Waals surface area (Å²) in [6, 6.07) is 20.6. The molecule has 1 aliphatic carbocycles. The van der Waals surface area contributed by atoms with Crippen molar-refractivity contribution in [2.24, 2.45) is 5.73 Å². The highest BCUT2D eigenvalue weighted by molar-refractivity contribution is 6.00. The average molecular weight is 360 g/mol. The maximum atomic E-state index is 12.1. The van der Waals surface area contributed by atoms with Crippen molar-refractivity contribution in [2.45, 2.75) is 37.8 Å². The first-order valence-electron chi connectivity index (χ1n) is 9.48. The summed E-state index contributed by atoms with van der Waals surface area (Å²) in [5, 5.41) is 15.5. The van der Waals surface area contributed by atoms with Crippen LogP contribution >= 0.6 is 0 Å². The molecule has 4 rings (SSSR count). The molecule has 1 saturated carbocycles. The minimum atomic E-state index is -0.434. The van der Waals surface area contributed by atoms with Gasteiger partial charge in [0.15, 0.2) is 0 Å². The Morgan fingerprint density at radius 2 is 1.56 bits per heavy atom. The van der Waals surface area contributed by atoms with Crippen molar-refractivity contribution >= 4 is 22.4 Å². The molecule has 0 spiro atoms. The molecule has 0 aliphatic heterocycles. The number of anilines is 1. The molecule has 3 aromatic carbocycles. The average Bonchev–Trinajstić information content (AvgIpc) is 2.69. The van der Waals surface area contributed by atoms with Crippen molar-refractivity contribution in [1.82, 2.24) is 0 Å². The van der Waals surface area contributed by atoms with Crippen molar-refractivity contribution < 1.29 is 9.90 Å². The lowest BCUT2D eigenvalue weighted by Crippen LogP contribution is -2.29. The van der Waals surface area contributed by atoms with Gasteiger partial charge in [-0.25, -0.2) is 0 Å². The molecule has 3 aromatic rings. The van der Waals surface area contributed by atoms with Gasteiger partial charge in [-0.05, 0) is 65.8 Å². The van der Waals surface area contributed by atoms with Gasteiger partial charge in [0, 0.05) is 11.7 Å². The number of benzene rings is 3. The second-order valence-corrected chi connectivity index (χ2v) is 7.34. The van der Waals surface area contributed by atoms with E-state index in [-0.39, 0.29) is 12.1 Å². The van der Waals surface area contributed by atoms with Crippen LogP contribution in [0, 0.1) is 0 Å². The Morgan fingerprint density at radius 3 is 2.30 bits per heavy atom. The highest BCUT2D eigenvalue weighted by Gasteiger charge is 2.21. The third kappa shape index (κ3) is 3.81. The van der Waals surface area contributed by atoms with Gasteiger partial charge < -0.3 is 16.2 Å². The summed E-state index contributed by atoms with van der Waals surface area (Å²) in [5.74, 6) is -0.434. The number of aliphatic hydroxyl groups excluding tert-OH is 1. The Balaban J connectivity index is 1.64. The van der Waals surface area contributed by atoms with Crippen LogP contribution in [0.2, 0.25) is 0 Å². The standard InChI is InChI=1S/C23H24N2O2/c24-23(27)21-14-18(17-6-5-15-3-1-2-4-16(15)13-17)7-12-22(21)25-19-8-10-20(26)11-9-19/h1-7,12-14,19-20,25-26H,8-11H2,(H2,24,27)/t19-,20-. The smallest absolute Gasteiger partial charge is 0.250 e. The number of hydrogen-bond acceptors (Lipinski definition) is 3. The molecule has 4 nitrogen and oxygen atoms in total. The van der Waals surface area contributed by atoms with Crippen LogP contribution in [0.3, 0.4) is 0 Å². The molecule has 4 heteroatoms. The van der Waals surface area contributed by atoms with E-state index in [1.165, 1.54) is 10.8 Å². The summed E-state index contributed by atoms with van der Waals surface area (Å²) < 4.78 is 0. The Labute approximate surface area is 159 Å². The van der Waals surface area contributed by atoms with Crippen molar-refractivity contribution in [3.63, 3.8) is 0 Å². The zero-order valence-corrected chi connectivity index (χ0v) is 15.2. The molecule has 0 atom stereocenters. The van der Waals surface area contributed by atoms with E-state index in [0.29, 0.717) is 5.56 Å². The van der Waals surface area contributed by atoms with Gasteiger partial charge in [-0.1, -0.05) is 42.5 Å². The minimum Gasteiger partial charge on any atom is -0.393 e. The number of fused-ring (bicyclic) bond motifs is 1. The Hall–Kier alpha value is -2.85. The fourth-order valence-electron chi connectivity index (χ4n) is 3.86. The number of nitrogens with one attached hydrogen (secondary N) is 1. The molecule has 0 saturated heterocycles. The summed E-state index contributed by atoms with van der Waals surface area (Å²) in [6.45, 7) is 0. The second-order valence-electron chi connectivity index (χ2n) is 7.34. The summed E-state index contributed by atoms with van der Waals surface area (Å²) in [6.07, 6.45) is 3.17. The van der Waals surface area contributed by atoms with Crippen molar-refractivity contribution in [2.75, 3.05) is 5.32 Å². The predicted octanol–water partition coefficient (Wildman–Crippen LogP) is 4.32. The minimum absolute atomic E-state index is 0.200. The molecule has 0 radical (unpaired) electrons. The highest BCUT2D eigenvalue weighted by Crippen LogP contribution is 2.30. The first kappa shape index (κ1) is 17.6. The Bertz CT molecular complexity index is 975. The quantitative estimate of drug-likeness (QED) is 0.648. The third-order valence-corrected chi connectivity index (χ3v) is 5.42. The van der Waals surface area contributed by atoms with Crippen LogP contribution in [0.4, 0.5) is 5.69 Å². The Morgan fingerprint density at radius 1 is 0.889 bits per heavy atom. The topological polar surface area (TPSA) is 75.4 Å². The van der Waals surface area contributed by atoms with E-state index < -0.39 is 5.91 Å². The fraction of sp³-hybridized carbons (Fsp3) is 0.261. The highest BCUT2D eigenvalue weighted by atomic mass is 16.3. The van der Waals surface area contributed by atoms with Gasteiger partial charge in [-0.3, -0.25) is 4.79 Å². The zero-order chi connectivity index (χ0) is 18.8. The van der Waals surface area contributed by atoms with E-state index in [1.54, 1.807) is 0 Å². The maximum Gasteiger partial charge on any atom is 0.250 e. The molecule has 138 valence electrons. The normalized spacial score (nSPS) is 19.7. The maximum absolute atomic E-state index is 12.1. The van der Waals surface area contributed by atoms with Crippen LogP contribution in [0.1, 0.15) is 36.0 Å².